The summed E-state index contributed by atoms with van der Waals surface area (Å²) in [6.07, 6.45) is 6.07. The van der Waals surface area contributed by atoms with E-state index >= 15 is 0 Å². The monoisotopic (exact) mass is 352 g/mol. The molecule has 4 heteroatoms. The first kappa shape index (κ1) is 15.9. The number of anilines is 1. The minimum absolute atomic E-state index is 0.306. The molecule has 0 saturated carbocycles. The van der Waals surface area contributed by atoms with Crippen molar-refractivity contribution in [3.63, 3.8) is 0 Å². The van der Waals surface area contributed by atoms with Gasteiger partial charge in [0.05, 0.1) is 11.6 Å². The van der Waals surface area contributed by atoms with Gasteiger partial charge in [-0.2, -0.15) is 0 Å². The van der Waals surface area contributed by atoms with Crippen LogP contribution in [0, 0.1) is 0 Å². The van der Waals surface area contributed by atoms with Gasteiger partial charge in [0, 0.05) is 29.9 Å². The van der Waals surface area contributed by atoms with E-state index in [4.69, 9.17) is 9.97 Å². The Hall–Kier alpha value is -3.27. The zero-order chi connectivity index (χ0) is 18.1. The summed E-state index contributed by atoms with van der Waals surface area (Å²) in [5.41, 5.74) is 3.28. The number of pyridine rings is 1. The molecule has 1 fully saturated rings. The first-order valence-electron chi connectivity index (χ1n) is 9.39. The number of aromatic nitrogens is 3. The average Bonchev–Trinajstić information content (AvgIpc) is 3.24. The smallest absolute Gasteiger partial charge is 0.162 e. The first-order chi connectivity index (χ1) is 13.4. The highest BCUT2D eigenvalue weighted by Gasteiger charge is 2.29. The maximum absolute atomic E-state index is 5.02. The van der Waals surface area contributed by atoms with Gasteiger partial charge in [-0.25, -0.2) is 9.97 Å². The van der Waals surface area contributed by atoms with Crippen molar-refractivity contribution in [3.05, 3.63) is 84.7 Å². The summed E-state index contributed by atoms with van der Waals surface area (Å²) in [5, 5.41) is 1.10. The Bertz CT molecular complexity index is 1060. The molecule has 1 aliphatic heterocycles. The highest BCUT2D eigenvalue weighted by Crippen LogP contribution is 2.38. The highest BCUT2D eigenvalue weighted by molar-refractivity contribution is 5.91. The Kier molecular flexibility index (Phi) is 4.02. The van der Waals surface area contributed by atoms with Crippen LogP contribution in [0.4, 0.5) is 5.82 Å². The maximum atomic E-state index is 5.02. The third kappa shape index (κ3) is 2.93. The molecule has 1 saturated heterocycles. The van der Waals surface area contributed by atoms with Crippen LogP contribution in [0.1, 0.15) is 24.4 Å². The van der Waals surface area contributed by atoms with E-state index in [-0.39, 0.29) is 0 Å². The number of hydrogen-bond donors (Lipinski definition) is 0. The third-order valence-corrected chi connectivity index (χ3v) is 5.21. The maximum Gasteiger partial charge on any atom is 0.162 e. The fourth-order valence-corrected chi connectivity index (χ4v) is 3.93. The third-order valence-electron chi connectivity index (χ3n) is 5.21. The van der Waals surface area contributed by atoms with E-state index in [0.717, 1.165) is 47.5 Å². The summed E-state index contributed by atoms with van der Waals surface area (Å²) in [7, 11) is 0. The van der Waals surface area contributed by atoms with Crippen LogP contribution < -0.4 is 4.90 Å². The van der Waals surface area contributed by atoms with Gasteiger partial charge in [-0.3, -0.25) is 4.98 Å². The van der Waals surface area contributed by atoms with Crippen molar-refractivity contribution in [1.29, 1.82) is 0 Å². The van der Waals surface area contributed by atoms with Crippen LogP contribution >= 0.6 is 0 Å². The summed E-state index contributed by atoms with van der Waals surface area (Å²) < 4.78 is 0. The zero-order valence-electron chi connectivity index (χ0n) is 15.0. The van der Waals surface area contributed by atoms with E-state index < -0.39 is 0 Å². The summed E-state index contributed by atoms with van der Waals surface area (Å²) >= 11 is 0. The molecule has 0 amide bonds. The molecule has 0 radical (unpaired) electrons. The Labute approximate surface area is 158 Å². The Balaban J connectivity index is 1.67. The number of fused-ring (bicyclic) bond motifs is 1. The molecule has 2 aromatic heterocycles. The second-order valence-electron chi connectivity index (χ2n) is 6.89. The molecular weight excluding hydrogens is 332 g/mol. The van der Waals surface area contributed by atoms with Crippen LogP contribution in [-0.2, 0) is 0 Å². The van der Waals surface area contributed by atoms with Gasteiger partial charge in [-0.05, 0) is 36.6 Å². The van der Waals surface area contributed by atoms with Gasteiger partial charge >= 0.3 is 0 Å². The van der Waals surface area contributed by atoms with Crippen molar-refractivity contribution in [2.24, 2.45) is 0 Å². The van der Waals surface area contributed by atoms with Gasteiger partial charge < -0.3 is 4.90 Å². The lowest BCUT2D eigenvalue weighted by Gasteiger charge is -2.27. The average molecular weight is 352 g/mol. The highest BCUT2D eigenvalue weighted by atomic mass is 15.2. The summed E-state index contributed by atoms with van der Waals surface area (Å²) in [4.78, 5) is 16.6. The van der Waals surface area contributed by atoms with Gasteiger partial charge in [0.1, 0.15) is 5.82 Å². The fourth-order valence-electron chi connectivity index (χ4n) is 3.93. The molecule has 4 aromatic rings. The van der Waals surface area contributed by atoms with E-state index in [1.807, 2.05) is 42.7 Å². The van der Waals surface area contributed by atoms with Crippen molar-refractivity contribution in [2.75, 3.05) is 11.4 Å². The van der Waals surface area contributed by atoms with Crippen LogP contribution in [0.5, 0.6) is 0 Å². The SMILES string of the molecule is c1ccc(-c2nc(N3CCCC3c3cccnc3)c3ccccc3n2)cc1. The van der Waals surface area contributed by atoms with Crippen molar-refractivity contribution >= 4 is 16.7 Å². The summed E-state index contributed by atoms with van der Waals surface area (Å²) in [5.74, 6) is 1.80. The fraction of sp³-hybridized carbons (Fsp3) is 0.174. The summed E-state index contributed by atoms with van der Waals surface area (Å²) in [6, 6.07) is 23.0. The van der Waals surface area contributed by atoms with Crippen LogP contribution in [0.25, 0.3) is 22.3 Å². The topological polar surface area (TPSA) is 41.9 Å². The molecule has 0 N–H and O–H groups in total. The second-order valence-corrected chi connectivity index (χ2v) is 6.89. The number of hydrogen-bond acceptors (Lipinski definition) is 4. The molecule has 3 heterocycles. The van der Waals surface area contributed by atoms with Gasteiger partial charge in [0.2, 0.25) is 0 Å². The Morgan fingerprint density at radius 2 is 1.70 bits per heavy atom. The number of benzene rings is 2. The van der Waals surface area contributed by atoms with Gasteiger partial charge in [0.25, 0.3) is 0 Å². The van der Waals surface area contributed by atoms with Crippen molar-refractivity contribution in [2.45, 2.75) is 18.9 Å². The lowest BCUT2D eigenvalue weighted by Crippen LogP contribution is -2.24. The van der Waals surface area contributed by atoms with Crippen LogP contribution in [0.3, 0.4) is 0 Å². The molecule has 0 spiro atoms. The molecule has 27 heavy (non-hydrogen) atoms. The van der Waals surface area contributed by atoms with Crippen LogP contribution in [-0.4, -0.2) is 21.5 Å². The molecule has 0 bridgehead atoms. The van der Waals surface area contributed by atoms with Gasteiger partial charge in [-0.1, -0.05) is 48.5 Å². The minimum atomic E-state index is 0.306. The molecule has 4 nitrogen and oxygen atoms in total. The van der Waals surface area contributed by atoms with E-state index in [1.165, 1.54) is 5.56 Å². The lowest BCUT2D eigenvalue weighted by molar-refractivity contribution is 0.710. The van der Waals surface area contributed by atoms with E-state index in [2.05, 4.69) is 46.3 Å². The van der Waals surface area contributed by atoms with Crippen molar-refractivity contribution in [3.8, 4) is 11.4 Å². The van der Waals surface area contributed by atoms with Crippen molar-refractivity contribution < 1.29 is 0 Å². The van der Waals surface area contributed by atoms with Crippen molar-refractivity contribution in [1.82, 2.24) is 15.0 Å². The number of nitrogens with zero attached hydrogens (tertiary/aromatic N) is 4. The Morgan fingerprint density at radius 3 is 2.56 bits per heavy atom. The molecular formula is C23H20N4. The molecule has 1 unspecified atom stereocenters. The van der Waals surface area contributed by atoms with E-state index in [1.54, 1.807) is 0 Å². The van der Waals surface area contributed by atoms with Crippen LogP contribution in [0.15, 0.2) is 79.1 Å². The quantitative estimate of drug-likeness (QED) is 0.518. The van der Waals surface area contributed by atoms with Crippen LogP contribution in [0.2, 0.25) is 0 Å². The van der Waals surface area contributed by atoms with E-state index in [0.29, 0.717) is 6.04 Å². The minimum Gasteiger partial charge on any atom is -0.349 e. The van der Waals surface area contributed by atoms with Gasteiger partial charge in [0.15, 0.2) is 5.82 Å². The van der Waals surface area contributed by atoms with E-state index in [9.17, 15) is 0 Å². The lowest BCUT2D eigenvalue weighted by atomic mass is 10.1. The predicted molar refractivity (Wildman–Crippen MR) is 109 cm³/mol. The molecule has 2 aromatic carbocycles. The normalized spacial score (nSPS) is 16.7. The number of para-hydroxylation sites is 1. The first-order valence-corrected chi connectivity index (χ1v) is 9.39. The summed E-state index contributed by atoms with van der Waals surface area (Å²) in [6.45, 7) is 0.995. The molecule has 132 valence electrons. The van der Waals surface area contributed by atoms with Gasteiger partial charge in [-0.15, -0.1) is 0 Å². The molecule has 5 rings (SSSR count). The predicted octanol–water partition coefficient (Wildman–Crippen LogP) is 5.03. The second kappa shape index (κ2) is 6.80. The zero-order valence-corrected chi connectivity index (χ0v) is 15.0. The molecule has 1 atom stereocenters. The number of rotatable bonds is 3. The Morgan fingerprint density at radius 1 is 0.852 bits per heavy atom. The largest absolute Gasteiger partial charge is 0.349 e. The molecule has 1 aliphatic rings. The molecule has 0 aliphatic carbocycles. The standard InChI is InChI=1S/C23H20N4/c1-2-8-17(9-3-1)22-25-20-12-5-4-11-19(20)23(26-22)27-15-7-13-21(27)18-10-6-14-24-16-18/h1-6,8-12,14,16,21H,7,13,15H2.